The average molecular weight is 1070 g/mol. The van der Waals surface area contributed by atoms with E-state index in [-0.39, 0.29) is 44.7 Å². The van der Waals surface area contributed by atoms with Gasteiger partial charge in [0.15, 0.2) is 0 Å². The van der Waals surface area contributed by atoms with E-state index < -0.39 is 0 Å². The summed E-state index contributed by atoms with van der Waals surface area (Å²) in [5, 5.41) is 2.33. The van der Waals surface area contributed by atoms with Gasteiger partial charge in [0.05, 0.1) is 16.9 Å². The summed E-state index contributed by atoms with van der Waals surface area (Å²) in [7, 11) is 0. The topological polar surface area (TPSA) is 22.9 Å². The monoisotopic (exact) mass is 1070 g/mol. The molecule has 4 heterocycles. The third-order valence-electron chi connectivity index (χ3n) is 19.8. The first-order chi connectivity index (χ1) is 38.1. The Labute approximate surface area is 484 Å². The number of furan rings is 1. The molecule has 0 spiro atoms. The van der Waals surface area contributed by atoms with E-state index in [2.05, 4.69) is 284 Å². The van der Waals surface area contributed by atoms with Gasteiger partial charge in [0, 0.05) is 55.9 Å². The largest absolute Gasteiger partial charge is 0.457 e. The number of hydrogen-bond acceptors (Lipinski definition) is 4. The van der Waals surface area contributed by atoms with Crippen LogP contribution in [0.1, 0.15) is 177 Å². The molecule has 3 aliphatic heterocycles. The van der Waals surface area contributed by atoms with E-state index in [1.54, 1.807) is 0 Å². The number of benzene rings is 8. The molecular weight excluding hydrogens is 982 g/mol. The second kappa shape index (κ2) is 17.8. The van der Waals surface area contributed by atoms with Gasteiger partial charge in [0.1, 0.15) is 11.2 Å². The molecule has 9 aromatic rings. The predicted octanol–water partition coefficient (Wildman–Crippen LogP) is 19.6. The molecule has 0 saturated heterocycles. The Morgan fingerprint density at radius 2 is 0.988 bits per heavy atom. The minimum atomic E-state index is -0.201. The maximum atomic E-state index is 7.58. The van der Waals surface area contributed by atoms with Crippen molar-refractivity contribution in [2.45, 2.75) is 181 Å². The summed E-state index contributed by atoms with van der Waals surface area (Å²) in [6, 6.07) is 59.5. The van der Waals surface area contributed by atoms with Crippen LogP contribution < -0.4 is 31.1 Å². The van der Waals surface area contributed by atoms with Crippen molar-refractivity contribution >= 4 is 90.5 Å². The average Bonchev–Trinajstić information content (AvgIpc) is 3.67. The van der Waals surface area contributed by atoms with Gasteiger partial charge in [-0.3, -0.25) is 0 Å². The van der Waals surface area contributed by atoms with Crippen molar-refractivity contribution in [1.82, 2.24) is 0 Å². The molecular formula is C76H84BN3O. The number of nitrogens with zero attached hydrogens (tertiary/aromatic N) is 3. The van der Waals surface area contributed by atoms with Crippen molar-refractivity contribution < 1.29 is 4.42 Å². The van der Waals surface area contributed by atoms with Gasteiger partial charge in [-0.1, -0.05) is 209 Å². The molecule has 5 heteroatoms. The van der Waals surface area contributed by atoms with E-state index in [9.17, 15) is 0 Å². The summed E-state index contributed by atoms with van der Waals surface area (Å²) < 4.78 is 7.58. The van der Waals surface area contributed by atoms with Gasteiger partial charge in [-0.25, -0.2) is 0 Å². The highest BCUT2D eigenvalue weighted by atomic mass is 16.3. The fraction of sp³-hybridized carbons (Fsp3) is 0.368. The first-order valence-corrected chi connectivity index (χ1v) is 30.2. The first kappa shape index (κ1) is 53.3. The lowest BCUT2D eigenvalue weighted by Crippen LogP contribution is -2.64. The molecule has 0 N–H and O–H groups in total. The molecule has 4 nitrogen and oxygen atoms in total. The van der Waals surface area contributed by atoms with Crippen LogP contribution >= 0.6 is 0 Å². The van der Waals surface area contributed by atoms with Crippen LogP contribution in [0.25, 0.3) is 33.1 Å². The Hall–Kier alpha value is -6.98. The summed E-state index contributed by atoms with van der Waals surface area (Å²) in [5.41, 5.74) is 25.6. The van der Waals surface area contributed by atoms with Gasteiger partial charge >= 0.3 is 0 Å². The van der Waals surface area contributed by atoms with E-state index in [1.807, 2.05) is 0 Å². The molecule has 4 aliphatic rings. The first-order valence-electron chi connectivity index (χ1n) is 30.2. The van der Waals surface area contributed by atoms with Crippen molar-refractivity contribution in [2.75, 3.05) is 14.7 Å². The van der Waals surface area contributed by atoms with Crippen molar-refractivity contribution in [1.29, 1.82) is 0 Å². The Morgan fingerprint density at radius 1 is 0.457 bits per heavy atom. The third-order valence-corrected chi connectivity index (χ3v) is 19.8. The van der Waals surface area contributed by atoms with Crippen LogP contribution in [-0.2, 0) is 32.5 Å². The minimum absolute atomic E-state index is 0.00551. The van der Waals surface area contributed by atoms with Gasteiger partial charge in [-0.15, -0.1) is 0 Å². The lowest BCUT2D eigenvalue weighted by atomic mass is 9.33. The van der Waals surface area contributed by atoms with Gasteiger partial charge in [0.2, 0.25) is 0 Å². The molecule has 13 rings (SSSR count). The SMILES string of the molecule is CC(C)(C)c1ccc(N(c2ccc(C(C)(C)C)cc2)c2cc3c4c(c2)N2c5c(cc(C(C)(C)C)cc5C5(C)CCCCC25C)B4c2c(ccc4c2oc2cc(C(C)(C)C)ccc24)N3c2ccc(C(C)(C)C)cc2-c2ccccc2)cc1. The zero-order chi connectivity index (χ0) is 57.3. The predicted molar refractivity (Wildman–Crippen MR) is 349 cm³/mol. The Morgan fingerprint density at radius 3 is 1.59 bits per heavy atom. The van der Waals surface area contributed by atoms with Crippen LogP contribution in [0.15, 0.2) is 156 Å². The Kier molecular flexibility index (Phi) is 11.7. The standard InChI is InChI=1S/C76H84BN3O/c1-70(2,3)48-25-31-53(32-26-48)78(54-33-27-49(28-34-54)71(4,5)6)55-45-63-66-64(46-55)80-68-59(75(16)39-21-22-40-76(75,80)17)42-52(74(13,14)15)43-60(68)77(66)67-62(38-36-57-56-35-29-51(73(10,11)12)44-65(56)81-69(57)67)79(63)61-37-30-50(72(7,8)9)41-58(61)47-23-19-18-20-24-47/h18-20,23-38,41-46H,21-22,39-40H2,1-17H3. The summed E-state index contributed by atoms with van der Waals surface area (Å²) in [5.74, 6) is 0. The molecule has 1 aromatic heterocycles. The molecule has 2 atom stereocenters. The van der Waals surface area contributed by atoms with E-state index in [0.29, 0.717) is 0 Å². The second-order valence-corrected chi connectivity index (χ2v) is 30.2. The zero-order valence-electron chi connectivity index (χ0n) is 51.6. The van der Waals surface area contributed by atoms with Crippen molar-refractivity contribution in [3.8, 4) is 11.1 Å². The second-order valence-electron chi connectivity index (χ2n) is 30.2. The Bertz CT molecular complexity index is 3940. The van der Waals surface area contributed by atoms with Crippen molar-refractivity contribution in [3.63, 3.8) is 0 Å². The fourth-order valence-corrected chi connectivity index (χ4v) is 14.6. The lowest BCUT2D eigenvalue weighted by Gasteiger charge is -2.53. The van der Waals surface area contributed by atoms with Crippen LogP contribution in [0.3, 0.4) is 0 Å². The van der Waals surface area contributed by atoms with Gasteiger partial charge < -0.3 is 19.1 Å². The van der Waals surface area contributed by atoms with Crippen LogP contribution in [0, 0.1) is 0 Å². The lowest BCUT2D eigenvalue weighted by molar-refractivity contribution is 0.195. The minimum Gasteiger partial charge on any atom is -0.457 e. The van der Waals surface area contributed by atoms with E-state index in [0.717, 1.165) is 57.8 Å². The maximum Gasteiger partial charge on any atom is 0.257 e. The normalized spacial score (nSPS) is 18.8. The molecule has 8 aromatic carbocycles. The van der Waals surface area contributed by atoms with E-state index in [4.69, 9.17) is 4.42 Å². The number of rotatable bonds is 5. The van der Waals surface area contributed by atoms with Crippen LogP contribution in [0.4, 0.5) is 45.5 Å². The van der Waals surface area contributed by atoms with Gasteiger partial charge in [0.25, 0.3) is 6.71 Å². The van der Waals surface area contributed by atoms with E-state index in [1.165, 1.54) is 96.2 Å². The highest BCUT2D eigenvalue weighted by Gasteiger charge is 2.62. The maximum absolute atomic E-state index is 7.58. The summed E-state index contributed by atoms with van der Waals surface area (Å²) in [6.07, 6.45) is 4.67. The van der Waals surface area contributed by atoms with Crippen molar-refractivity contribution in [3.05, 3.63) is 185 Å². The molecule has 0 radical (unpaired) electrons. The molecule has 0 amide bonds. The van der Waals surface area contributed by atoms with Crippen LogP contribution in [0.2, 0.25) is 0 Å². The van der Waals surface area contributed by atoms with Crippen LogP contribution in [0.5, 0.6) is 0 Å². The number of hydrogen-bond donors (Lipinski definition) is 0. The Balaban J connectivity index is 1.21. The van der Waals surface area contributed by atoms with E-state index >= 15 is 0 Å². The fourth-order valence-electron chi connectivity index (χ4n) is 14.6. The molecule has 1 fully saturated rings. The van der Waals surface area contributed by atoms with Crippen molar-refractivity contribution in [2.24, 2.45) is 0 Å². The third kappa shape index (κ3) is 8.19. The quantitative estimate of drug-likeness (QED) is 0.160. The molecule has 1 aliphatic carbocycles. The van der Waals surface area contributed by atoms with Gasteiger partial charge in [-0.2, -0.15) is 0 Å². The summed E-state index contributed by atoms with van der Waals surface area (Å²) in [4.78, 5) is 8.12. The summed E-state index contributed by atoms with van der Waals surface area (Å²) in [6.45, 7) is 40.1. The highest BCUT2D eigenvalue weighted by Crippen LogP contribution is 2.63. The van der Waals surface area contributed by atoms with Gasteiger partial charge in [-0.05, 0) is 169 Å². The highest BCUT2D eigenvalue weighted by molar-refractivity contribution is 7.01. The smallest absolute Gasteiger partial charge is 0.257 e. The summed E-state index contributed by atoms with van der Waals surface area (Å²) >= 11 is 0. The molecule has 412 valence electrons. The zero-order valence-corrected chi connectivity index (χ0v) is 51.6. The molecule has 81 heavy (non-hydrogen) atoms. The van der Waals surface area contributed by atoms with Crippen LogP contribution in [-0.4, -0.2) is 12.3 Å². The number of fused-ring (bicyclic) bond motifs is 11. The molecule has 0 bridgehead atoms. The molecule has 2 unspecified atom stereocenters. The number of anilines is 8. The molecule has 1 saturated carbocycles.